The van der Waals surface area contributed by atoms with Gasteiger partial charge < -0.3 is 14.6 Å². The second-order valence-corrected chi connectivity index (χ2v) is 6.57. The van der Waals surface area contributed by atoms with Crippen molar-refractivity contribution in [2.75, 3.05) is 14.2 Å². The Morgan fingerprint density at radius 1 is 0.897 bits per heavy atom. The van der Waals surface area contributed by atoms with Crippen molar-refractivity contribution in [3.8, 4) is 17.2 Å². The highest BCUT2D eigenvalue weighted by Gasteiger charge is 2.17. The Bertz CT molecular complexity index is 988. The minimum Gasteiger partial charge on any atom is -0.508 e. The lowest BCUT2D eigenvalue weighted by atomic mass is 10.1. The van der Waals surface area contributed by atoms with Crippen LogP contribution < -0.4 is 28.1 Å². The number of halogens is 1. The zero-order chi connectivity index (χ0) is 21.6. The first-order valence-electron chi connectivity index (χ1n) is 8.19. The van der Waals surface area contributed by atoms with Crippen LogP contribution in [-0.2, 0) is 0 Å². The number of hydrogen-bond donors (Lipinski definition) is 1. The SMILES string of the molecule is COc1cc2cc(C)[o+]c(/C=C/c3ccc(O)cc3)c2cc1OC.[O-][Cl+3]([O-])([O-])[O-]. The van der Waals surface area contributed by atoms with Gasteiger partial charge in [-0.25, -0.2) is 23.1 Å². The third-order valence-corrected chi connectivity index (χ3v) is 3.77. The van der Waals surface area contributed by atoms with Crippen LogP contribution in [0.15, 0.2) is 46.9 Å². The number of rotatable bonds is 4. The molecule has 3 rings (SSSR count). The topological polar surface area (TPSA) is 142 Å². The van der Waals surface area contributed by atoms with E-state index in [0.717, 1.165) is 27.9 Å². The molecule has 0 bridgehead atoms. The Balaban J connectivity index is 0.000000537. The van der Waals surface area contributed by atoms with Gasteiger partial charge >= 0.3 is 11.5 Å². The molecule has 0 aliphatic rings. The van der Waals surface area contributed by atoms with Crippen molar-refractivity contribution < 1.29 is 47.9 Å². The van der Waals surface area contributed by atoms with Gasteiger partial charge in [-0.3, -0.25) is 0 Å². The maximum Gasteiger partial charge on any atom is 0.360 e. The lowest BCUT2D eigenvalue weighted by Crippen LogP contribution is -2.68. The molecule has 29 heavy (non-hydrogen) atoms. The Morgan fingerprint density at radius 2 is 1.45 bits per heavy atom. The largest absolute Gasteiger partial charge is 0.508 e. The minimum atomic E-state index is -4.94. The molecule has 0 amide bonds. The van der Waals surface area contributed by atoms with E-state index in [0.29, 0.717) is 11.5 Å². The summed E-state index contributed by atoms with van der Waals surface area (Å²) >= 11 is 0. The van der Waals surface area contributed by atoms with Crippen LogP contribution in [0, 0.1) is 17.2 Å². The molecular weight excluding hydrogens is 404 g/mol. The van der Waals surface area contributed by atoms with Gasteiger partial charge in [0.05, 0.1) is 26.5 Å². The van der Waals surface area contributed by atoms with Gasteiger partial charge in [0, 0.05) is 23.6 Å². The maximum atomic E-state index is 9.36. The van der Waals surface area contributed by atoms with E-state index >= 15 is 0 Å². The Hall–Kier alpha value is -2.88. The second kappa shape index (κ2) is 9.55. The van der Waals surface area contributed by atoms with E-state index in [9.17, 15) is 5.11 Å². The summed E-state index contributed by atoms with van der Waals surface area (Å²) < 4.78 is 50.6. The second-order valence-electron chi connectivity index (χ2n) is 5.82. The number of hydrogen-bond acceptors (Lipinski definition) is 7. The fraction of sp³-hybridized carbons (Fsp3) is 0.150. The molecule has 0 saturated carbocycles. The highest BCUT2D eigenvalue weighted by Crippen LogP contribution is 2.34. The van der Waals surface area contributed by atoms with Crippen molar-refractivity contribution in [3.05, 3.63) is 59.5 Å². The van der Waals surface area contributed by atoms with Gasteiger partial charge in [0.1, 0.15) is 5.75 Å². The van der Waals surface area contributed by atoms with Crippen LogP contribution >= 0.6 is 0 Å². The molecule has 0 fully saturated rings. The molecule has 0 aliphatic carbocycles. The fourth-order valence-corrected chi connectivity index (χ4v) is 2.59. The molecule has 1 N–H and O–H groups in total. The van der Waals surface area contributed by atoms with Gasteiger partial charge in [-0.05, 0) is 29.8 Å². The first-order chi connectivity index (χ1) is 13.6. The van der Waals surface area contributed by atoms with Gasteiger partial charge in [-0.15, -0.1) is 10.2 Å². The Kier molecular flexibility index (Phi) is 7.38. The number of methoxy groups -OCH3 is 2. The molecular formula is C20H19ClO8. The maximum absolute atomic E-state index is 9.36. The molecule has 2 aromatic carbocycles. The Morgan fingerprint density at radius 3 is 2.00 bits per heavy atom. The number of fused-ring (bicyclic) bond motifs is 1. The van der Waals surface area contributed by atoms with E-state index in [2.05, 4.69) is 0 Å². The monoisotopic (exact) mass is 422 g/mol. The predicted octanol–water partition coefficient (Wildman–Crippen LogP) is 0.160. The van der Waals surface area contributed by atoms with Crippen LogP contribution in [0.2, 0.25) is 0 Å². The third kappa shape index (κ3) is 6.90. The summed E-state index contributed by atoms with van der Waals surface area (Å²) in [4.78, 5) is 0. The van der Waals surface area contributed by atoms with Crippen molar-refractivity contribution in [3.63, 3.8) is 0 Å². The van der Waals surface area contributed by atoms with Crippen molar-refractivity contribution >= 4 is 22.9 Å². The fourth-order valence-electron chi connectivity index (χ4n) is 2.59. The normalized spacial score (nSPS) is 11.3. The van der Waals surface area contributed by atoms with Crippen LogP contribution in [0.5, 0.6) is 17.2 Å². The van der Waals surface area contributed by atoms with Crippen molar-refractivity contribution in [1.82, 2.24) is 0 Å². The molecule has 0 unspecified atom stereocenters. The van der Waals surface area contributed by atoms with Crippen molar-refractivity contribution in [2.24, 2.45) is 0 Å². The number of aryl methyl sites for hydroxylation is 1. The van der Waals surface area contributed by atoms with E-state index in [1.165, 1.54) is 0 Å². The predicted molar refractivity (Wildman–Crippen MR) is 95.5 cm³/mol. The first-order valence-corrected chi connectivity index (χ1v) is 9.42. The average molecular weight is 423 g/mol. The molecule has 0 aliphatic heterocycles. The third-order valence-electron chi connectivity index (χ3n) is 3.77. The van der Waals surface area contributed by atoms with Gasteiger partial charge in [-0.2, -0.15) is 0 Å². The summed E-state index contributed by atoms with van der Waals surface area (Å²) in [5.41, 5.74) is 0.970. The summed E-state index contributed by atoms with van der Waals surface area (Å²) in [5.74, 6) is 3.13. The summed E-state index contributed by atoms with van der Waals surface area (Å²) in [5, 5.41) is 11.3. The molecule has 3 aromatic rings. The van der Waals surface area contributed by atoms with Crippen molar-refractivity contribution in [1.29, 1.82) is 0 Å². The summed E-state index contributed by atoms with van der Waals surface area (Å²) in [6.45, 7) is 1.91. The van der Waals surface area contributed by atoms with Gasteiger partial charge in [0.25, 0.3) is 0 Å². The number of phenols is 1. The first kappa shape index (κ1) is 22.4. The number of ether oxygens (including phenoxy) is 2. The molecule has 8 nitrogen and oxygen atoms in total. The lowest BCUT2D eigenvalue weighted by molar-refractivity contribution is -2.00. The zero-order valence-corrected chi connectivity index (χ0v) is 16.6. The quantitative estimate of drug-likeness (QED) is 0.586. The molecule has 1 heterocycles. The summed E-state index contributed by atoms with van der Waals surface area (Å²) in [6.07, 6.45) is 3.85. The number of aromatic hydroxyl groups is 1. The van der Waals surface area contributed by atoms with Gasteiger partial charge in [0.15, 0.2) is 11.5 Å². The zero-order valence-electron chi connectivity index (χ0n) is 15.9. The van der Waals surface area contributed by atoms with Crippen LogP contribution in [0.1, 0.15) is 17.1 Å². The van der Waals surface area contributed by atoms with Crippen LogP contribution in [-0.4, -0.2) is 19.3 Å². The van der Waals surface area contributed by atoms with Crippen molar-refractivity contribution in [2.45, 2.75) is 6.92 Å². The van der Waals surface area contributed by atoms with Crippen LogP contribution in [0.25, 0.3) is 22.9 Å². The number of phenolic OH excluding ortho intramolecular Hbond substituents is 1. The molecule has 0 spiro atoms. The summed E-state index contributed by atoms with van der Waals surface area (Å²) in [7, 11) is -1.71. The average Bonchev–Trinajstić information content (AvgIpc) is 2.64. The molecule has 9 heteroatoms. The Labute approximate surface area is 169 Å². The molecule has 0 atom stereocenters. The van der Waals surface area contributed by atoms with E-state index in [-0.39, 0.29) is 5.75 Å². The molecule has 1 aromatic heterocycles. The van der Waals surface area contributed by atoms with E-state index in [1.54, 1.807) is 26.4 Å². The molecule has 0 radical (unpaired) electrons. The van der Waals surface area contributed by atoms with Crippen LogP contribution in [0.4, 0.5) is 0 Å². The van der Waals surface area contributed by atoms with Gasteiger partial charge in [0.2, 0.25) is 0 Å². The molecule has 0 saturated heterocycles. The standard InChI is InChI=1S/C20H18O4.ClHO4/c1-13-10-15-11-19(22-2)20(23-3)12-17(15)18(24-13)9-6-14-4-7-16(21)8-5-14;2-1(3,4)5/h4-12H,1-3H3;(H,2,3,4,5)/b9-6+;. The van der Waals surface area contributed by atoms with Gasteiger partial charge in [-0.1, -0.05) is 12.1 Å². The summed E-state index contributed by atoms with van der Waals surface area (Å²) in [6, 6.07) is 12.8. The highest BCUT2D eigenvalue weighted by atomic mass is 35.7. The van der Waals surface area contributed by atoms with E-state index < -0.39 is 10.2 Å². The minimum absolute atomic E-state index is 0.245. The smallest absolute Gasteiger partial charge is 0.360 e. The molecule has 154 valence electrons. The number of benzene rings is 2. The van der Waals surface area contributed by atoms with E-state index in [1.807, 2.05) is 49.4 Å². The van der Waals surface area contributed by atoms with E-state index in [4.69, 9.17) is 32.5 Å². The lowest BCUT2D eigenvalue weighted by Gasteiger charge is -2.17. The highest BCUT2D eigenvalue weighted by molar-refractivity contribution is 5.93. The van der Waals surface area contributed by atoms with Crippen LogP contribution in [0.3, 0.4) is 0 Å².